The molecule has 2 fully saturated rings. The van der Waals surface area contributed by atoms with Gasteiger partial charge in [0, 0.05) is 38.9 Å². The van der Waals surface area contributed by atoms with Crippen LogP contribution in [0.15, 0.2) is 83.5 Å². The number of para-hydroxylation sites is 2. The summed E-state index contributed by atoms with van der Waals surface area (Å²) in [5, 5.41) is 7.54. The number of fused-ring (bicyclic) bond motifs is 5. The predicted octanol–water partition coefficient (Wildman–Crippen LogP) is 4.10. The Kier molecular flexibility index (Phi) is 4.56. The van der Waals surface area contributed by atoms with Crippen LogP contribution in [-0.4, -0.2) is 28.7 Å². The Labute approximate surface area is 215 Å². The lowest BCUT2D eigenvalue weighted by Crippen LogP contribution is -2.53. The van der Waals surface area contributed by atoms with E-state index >= 15 is 0 Å². The van der Waals surface area contributed by atoms with Crippen LogP contribution >= 0.6 is 15.9 Å². The van der Waals surface area contributed by atoms with Crippen molar-refractivity contribution in [2.75, 3.05) is 10.2 Å². The number of imide groups is 1. The zero-order valence-electron chi connectivity index (χ0n) is 19.0. The van der Waals surface area contributed by atoms with E-state index in [0.29, 0.717) is 23.4 Å². The number of H-pyrrole nitrogens is 1. The van der Waals surface area contributed by atoms with Gasteiger partial charge in [0.05, 0.1) is 17.5 Å². The van der Waals surface area contributed by atoms with E-state index in [9.17, 15) is 14.4 Å². The number of anilines is 2. The molecular weight excluding hydrogens is 520 g/mol. The molecule has 0 aliphatic carbocycles. The van der Waals surface area contributed by atoms with E-state index in [0.717, 1.165) is 20.9 Å². The van der Waals surface area contributed by atoms with Crippen molar-refractivity contribution in [1.29, 1.82) is 0 Å². The molecule has 3 aromatic carbocycles. The van der Waals surface area contributed by atoms with E-state index < -0.39 is 23.4 Å². The van der Waals surface area contributed by atoms with Crippen molar-refractivity contribution in [2.24, 2.45) is 11.8 Å². The third-order valence-corrected chi connectivity index (χ3v) is 8.35. The molecule has 36 heavy (non-hydrogen) atoms. The van der Waals surface area contributed by atoms with Gasteiger partial charge in [0.2, 0.25) is 17.7 Å². The number of nitrogens with zero attached hydrogens (tertiary/aromatic N) is 1. The second-order valence-corrected chi connectivity index (χ2v) is 10.5. The number of amides is 3. The predicted molar refractivity (Wildman–Crippen MR) is 139 cm³/mol. The number of hydrogen-bond donors (Lipinski definition) is 3. The lowest BCUT2D eigenvalue weighted by Gasteiger charge is -2.29. The zero-order chi connectivity index (χ0) is 24.6. The lowest BCUT2D eigenvalue weighted by atomic mass is 9.76. The number of rotatable bonds is 3. The summed E-state index contributed by atoms with van der Waals surface area (Å²) in [7, 11) is 0. The number of carbonyl (C=O) groups excluding carboxylic acids is 3. The van der Waals surface area contributed by atoms with Crippen LogP contribution in [0.25, 0.3) is 10.9 Å². The third-order valence-electron chi connectivity index (χ3n) is 7.82. The van der Waals surface area contributed by atoms with Crippen LogP contribution in [0.3, 0.4) is 0 Å². The van der Waals surface area contributed by atoms with Crippen LogP contribution in [0.4, 0.5) is 11.4 Å². The van der Waals surface area contributed by atoms with Gasteiger partial charge in [-0.05, 0) is 48.4 Å². The maximum absolute atomic E-state index is 14.0. The molecule has 0 bridgehead atoms. The smallest absolute Gasteiger partial charge is 0.250 e. The van der Waals surface area contributed by atoms with E-state index in [-0.39, 0.29) is 17.7 Å². The lowest BCUT2D eigenvalue weighted by molar-refractivity contribution is -0.130. The highest BCUT2D eigenvalue weighted by atomic mass is 79.9. The Balaban J connectivity index is 1.37. The van der Waals surface area contributed by atoms with Gasteiger partial charge in [-0.3, -0.25) is 19.7 Å². The van der Waals surface area contributed by atoms with Gasteiger partial charge in [0.15, 0.2) is 0 Å². The molecule has 0 saturated carbocycles. The topological polar surface area (TPSA) is 94.3 Å². The number of aromatic amines is 1. The molecule has 2 saturated heterocycles. The molecule has 4 aromatic rings. The van der Waals surface area contributed by atoms with E-state index in [2.05, 4.69) is 31.5 Å². The Bertz CT molecular complexity index is 1580. The minimum absolute atomic E-state index is 0.279. The van der Waals surface area contributed by atoms with Gasteiger partial charge < -0.3 is 10.3 Å². The molecule has 3 aliphatic heterocycles. The molecule has 8 heteroatoms. The van der Waals surface area contributed by atoms with Gasteiger partial charge >= 0.3 is 0 Å². The molecule has 7 nitrogen and oxygen atoms in total. The fraction of sp³-hybridized carbons (Fsp3) is 0.179. The molecule has 7 rings (SSSR count). The maximum atomic E-state index is 14.0. The molecule has 4 heterocycles. The highest BCUT2D eigenvalue weighted by Gasteiger charge is 2.70. The molecule has 3 aliphatic rings. The van der Waals surface area contributed by atoms with E-state index in [1.165, 1.54) is 4.90 Å². The van der Waals surface area contributed by atoms with Crippen LogP contribution in [0.2, 0.25) is 0 Å². The van der Waals surface area contributed by atoms with Crippen molar-refractivity contribution in [1.82, 2.24) is 10.3 Å². The molecule has 0 unspecified atom stereocenters. The molecule has 3 N–H and O–H groups in total. The van der Waals surface area contributed by atoms with Crippen LogP contribution in [-0.2, 0) is 26.3 Å². The molecule has 3 amide bonds. The standard InChI is InChI=1S/C28H21BrN4O3/c29-16-9-11-17(12-10-16)33-25(34)23-22(13-15-14-30-20-7-3-1-5-18(15)20)32-28(24(23)26(33)35)19-6-2-4-8-21(19)31-27(28)36/h1-12,14,22-24,30,32H,13H2,(H,31,36)/t22-,23+,24-,28-/m0/s1. The largest absolute Gasteiger partial charge is 0.361 e. The van der Waals surface area contributed by atoms with Gasteiger partial charge in [0.25, 0.3) is 0 Å². The molecule has 1 aromatic heterocycles. The first-order valence-electron chi connectivity index (χ1n) is 11.9. The summed E-state index contributed by atoms with van der Waals surface area (Å²) in [6.45, 7) is 0. The number of carbonyl (C=O) groups is 3. The third kappa shape index (κ3) is 2.79. The van der Waals surface area contributed by atoms with Gasteiger partial charge in [-0.15, -0.1) is 0 Å². The van der Waals surface area contributed by atoms with Crippen LogP contribution < -0.4 is 15.5 Å². The highest BCUT2D eigenvalue weighted by Crippen LogP contribution is 2.54. The summed E-state index contributed by atoms with van der Waals surface area (Å²) in [5.74, 6) is -2.47. The van der Waals surface area contributed by atoms with Gasteiger partial charge in [-0.1, -0.05) is 52.3 Å². The molecular formula is C28H21BrN4O3. The summed E-state index contributed by atoms with van der Waals surface area (Å²) < 4.78 is 0.852. The average molecular weight is 541 g/mol. The quantitative estimate of drug-likeness (QED) is 0.341. The Morgan fingerprint density at radius 2 is 1.64 bits per heavy atom. The van der Waals surface area contributed by atoms with Crippen LogP contribution in [0.1, 0.15) is 11.1 Å². The first-order chi connectivity index (χ1) is 17.5. The summed E-state index contributed by atoms with van der Waals surface area (Å²) in [5.41, 5.74) is 2.62. The summed E-state index contributed by atoms with van der Waals surface area (Å²) in [6, 6.07) is 22.1. The minimum Gasteiger partial charge on any atom is -0.361 e. The van der Waals surface area contributed by atoms with E-state index in [4.69, 9.17) is 0 Å². The Morgan fingerprint density at radius 3 is 2.47 bits per heavy atom. The monoisotopic (exact) mass is 540 g/mol. The Morgan fingerprint density at radius 1 is 0.889 bits per heavy atom. The van der Waals surface area contributed by atoms with Gasteiger partial charge in [0.1, 0.15) is 5.54 Å². The summed E-state index contributed by atoms with van der Waals surface area (Å²) in [6.07, 6.45) is 2.44. The van der Waals surface area contributed by atoms with Crippen molar-refractivity contribution in [3.8, 4) is 0 Å². The van der Waals surface area contributed by atoms with E-state index in [1.54, 1.807) is 24.3 Å². The highest BCUT2D eigenvalue weighted by molar-refractivity contribution is 9.10. The van der Waals surface area contributed by atoms with Gasteiger partial charge in [-0.25, -0.2) is 4.90 Å². The number of nitrogens with one attached hydrogen (secondary N) is 3. The number of aromatic nitrogens is 1. The SMILES string of the molecule is O=C1[C@@H]2[C@H](Cc3c[nH]c4ccccc34)N[C@]3(C(=O)Nc4ccccc43)[C@@H]2C(=O)N1c1ccc(Br)cc1. The first-order valence-corrected chi connectivity index (χ1v) is 12.7. The summed E-state index contributed by atoms with van der Waals surface area (Å²) in [4.78, 5) is 46.2. The van der Waals surface area contributed by atoms with Crippen LogP contribution in [0.5, 0.6) is 0 Å². The second kappa shape index (κ2) is 7.62. The zero-order valence-corrected chi connectivity index (χ0v) is 20.6. The molecule has 4 atom stereocenters. The molecule has 1 spiro atoms. The normalized spacial score (nSPS) is 26.6. The van der Waals surface area contributed by atoms with Crippen molar-refractivity contribution >= 4 is 55.9 Å². The van der Waals surface area contributed by atoms with Crippen molar-refractivity contribution in [3.63, 3.8) is 0 Å². The average Bonchev–Trinajstić information content (AvgIpc) is 3.59. The van der Waals surface area contributed by atoms with Gasteiger partial charge in [-0.2, -0.15) is 0 Å². The number of halogens is 1. The fourth-order valence-electron chi connectivity index (χ4n) is 6.32. The second-order valence-electron chi connectivity index (χ2n) is 9.61. The number of hydrogen-bond acceptors (Lipinski definition) is 4. The summed E-state index contributed by atoms with van der Waals surface area (Å²) >= 11 is 3.42. The Hall–Kier alpha value is -3.75. The fourth-order valence-corrected chi connectivity index (χ4v) is 6.58. The number of benzene rings is 3. The van der Waals surface area contributed by atoms with Crippen molar-refractivity contribution in [3.05, 3.63) is 94.6 Å². The maximum Gasteiger partial charge on any atom is 0.250 e. The minimum atomic E-state index is -1.31. The molecule has 178 valence electrons. The van der Waals surface area contributed by atoms with Crippen LogP contribution in [0, 0.1) is 11.8 Å². The molecule has 0 radical (unpaired) electrons. The van der Waals surface area contributed by atoms with Crippen molar-refractivity contribution < 1.29 is 14.4 Å². The first kappa shape index (κ1) is 21.5. The van der Waals surface area contributed by atoms with E-state index in [1.807, 2.05) is 54.7 Å². The van der Waals surface area contributed by atoms with Crippen molar-refractivity contribution in [2.45, 2.75) is 18.0 Å².